The van der Waals surface area contributed by atoms with Gasteiger partial charge in [0.05, 0.1) is 18.7 Å². The number of furan rings is 1. The summed E-state index contributed by atoms with van der Waals surface area (Å²) in [5.74, 6) is -0.365. The minimum absolute atomic E-state index is 0.104. The summed E-state index contributed by atoms with van der Waals surface area (Å²) >= 11 is 0. The fourth-order valence-corrected chi connectivity index (χ4v) is 3.01. The Balaban J connectivity index is 1.65. The van der Waals surface area contributed by atoms with E-state index in [2.05, 4.69) is 0 Å². The van der Waals surface area contributed by atoms with Gasteiger partial charge in [-0.25, -0.2) is 0 Å². The Morgan fingerprint density at radius 2 is 2.00 bits per heavy atom. The largest absolute Gasteiger partial charge is 0.481 e. The predicted octanol–water partition coefficient (Wildman–Crippen LogP) is 2.27. The molecule has 108 valence electrons. The molecule has 0 aromatic carbocycles. The molecule has 0 radical (unpaired) electrons. The zero-order valence-electron chi connectivity index (χ0n) is 11.3. The lowest BCUT2D eigenvalue weighted by atomic mass is 10.0. The molecular formula is C15H19NO4. The maximum absolute atomic E-state index is 12.6. The number of carbonyl (C=O) groups excluding carboxylic acids is 1. The van der Waals surface area contributed by atoms with Gasteiger partial charge in [-0.2, -0.15) is 0 Å². The maximum Gasteiger partial charge on any atom is 0.306 e. The van der Waals surface area contributed by atoms with E-state index in [1.54, 1.807) is 6.26 Å². The third kappa shape index (κ3) is 2.71. The molecule has 1 aromatic rings. The van der Waals surface area contributed by atoms with Gasteiger partial charge in [0.2, 0.25) is 5.91 Å². The van der Waals surface area contributed by atoms with Gasteiger partial charge >= 0.3 is 5.97 Å². The lowest BCUT2D eigenvalue weighted by Gasteiger charge is -2.24. The second kappa shape index (κ2) is 5.31. The molecule has 2 unspecified atom stereocenters. The third-order valence-corrected chi connectivity index (χ3v) is 4.31. The Morgan fingerprint density at radius 1 is 1.25 bits per heavy atom. The van der Waals surface area contributed by atoms with Gasteiger partial charge in [0.15, 0.2) is 0 Å². The van der Waals surface area contributed by atoms with Crippen molar-refractivity contribution in [1.82, 2.24) is 4.90 Å². The van der Waals surface area contributed by atoms with Gasteiger partial charge in [0, 0.05) is 12.0 Å². The van der Waals surface area contributed by atoms with Crippen LogP contribution in [0.5, 0.6) is 0 Å². The highest BCUT2D eigenvalue weighted by Gasteiger charge is 2.40. The Bertz CT molecular complexity index is 492. The molecule has 2 saturated carbocycles. The molecule has 2 fully saturated rings. The zero-order valence-corrected chi connectivity index (χ0v) is 11.3. The zero-order chi connectivity index (χ0) is 14.1. The van der Waals surface area contributed by atoms with Crippen LogP contribution in [0.25, 0.3) is 0 Å². The van der Waals surface area contributed by atoms with E-state index >= 15 is 0 Å². The summed E-state index contributed by atoms with van der Waals surface area (Å²) in [4.78, 5) is 25.5. The van der Waals surface area contributed by atoms with E-state index in [1.165, 1.54) is 0 Å². The summed E-state index contributed by atoms with van der Waals surface area (Å²) in [6.45, 7) is 0.505. The van der Waals surface area contributed by atoms with Crippen molar-refractivity contribution in [3.05, 3.63) is 24.2 Å². The molecule has 2 aliphatic carbocycles. The predicted molar refractivity (Wildman–Crippen MR) is 70.7 cm³/mol. The summed E-state index contributed by atoms with van der Waals surface area (Å²) in [5, 5.41) is 9.04. The number of carboxylic acid groups (broad SMARTS) is 1. The number of hydrogen-bond donors (Lipinski definition) is 1. The van der Waals surface area contributed by atoms with E-state index in [0.717, 1.165) is 18.6 Å². The number of nitrogens with zero attached hydrogens (tertiary/aromatic N) is 1. The van der Waals surface area contributed by atoms with E-state index in [9.17, 15) is 9.59 Å². The van der Waals surface area contributed by atoms with Gasteiger partial charge in [-0.3, -0.25) is 9.59 Å². The van der Waals surface area contributed by atoms with E-state index in [-0.39, 0.29) is 17.7 Å². The van der Waals surface area contributed by atoms with Crippen LogP contribution in [0.4, 0.5) is 0 Å². The first kappa shape index (κ1) is 13.2. The number of aliphatic carboxylic acids is 1. The topological polar surface area (TPSA) is 70.8 Å². The molecule has 5 heteroatoms. The first-order chi connectivity index (χ1) is 9.65. The van der Waals surface area contributed by atoms with Crippen molar-refractivity contribution in [1.29, 1.82) is 0 Å². The number of carbonyl (C=O) groups is 2. The first-order valence-corrected chi connectivity index (χ1v) is 7.21. The molecule has 0 bridgehead atoms. The number of hydrogen-bond acceptors (Lipinski definition) is 3. The fourth-order valence-electron chi connectivity index (χ4n) is 3.01. The monoisotopic (exact) mass is 277 g/mol. The van der Waals surface area contributed by atoms with Crippen molar-refractivity contribution >= 4 is 11.9 Å². The molecule has 1 heterocycles. The van der Waals surface area contributed by atoms with Gasteiger partial charge in [0.1, 0.15) is 5.76 Å². The highest BCUT2D eigenvalue weighted by atomic mass is 16.4. The van der Waals surface area contributed by atoms with Crippen LogP contribution in [0.15, 0.2) is 22.8 Å². The quantitative estimate of drug-likeness (QED) is 0.896. The average molecular weight is 277 g/mol. The van der Waals surface area contributed by atoms with Gasteiger partial charge in [-0.1, -0.05) is 0 Å². The van der Waals surface area contributed by atoms with E-state index in [0.29, 0.717) is 31.8 Å². The van der Waals surface area contributed by atoms with Crippen LogP contribution in [0.3, 0.4) is 0 Å². The van der Waals surface area contributed by atoms with E-state index < -0.39 is 5.97 Å². The van der Waals surface area contributed by atoms with Crippen LogP contribution in [0.2, 0.25) is 0 Å². The number of rotatable bonds is 5. The van der Waals surface area contributed by atoms with Crippen LogP contribution in [-0.2, 0) is 16.1 Å². The summed E-state index contributed by atoms with van der Waals surface area (Å²) in [6.07, 6.45) is 5.49. The number of amides is 1. The maximum atomic E-state index is 12.6. The Labute approximate surface area is 117 Å². The molecule has 1 aromatic heterocycles. The van der Waals surface area contributed by atoms with Crippen molar-refractivity contribution in [2.75, 3.05) is 0 Å². The molecule has 0 spiro atoms. The normalized spacial score (nSPS) is 25.6. The fraction of sp³-hybridized carbons (Fsp3) is 0.600. The third-order valence-electron chi connectivity index (χ3n) is 4.31. The smallest absolute Gasteiger partial charge is 0.306 e. The minimum atomic E-state index is -0.774. The summed E-state index contributed by atoms with van der Waals surface area (Å²) in [7, 11) is 0. The molecule has 0 saturated heterocycles. The van der Waals surface area contributed by atoms with Gasteiger partial charge in [-0.05, 0) is 44.2 Å². The van der Waals surface area contributed by atoms with E-state index in [4.69, 9.17) is 9.52 Å². The Hall–Kier alpha value is -1.78. The van der Waals surface area contributed by atoms with Gasteiger partial charge in [-0.15, -0.1) is 0 Å². The molecule has 3 rings (SSSR count). The second-order valence-electron chi connectivity index (χ2n) is 5.82. The standard InChI is InChI=1S/C15H19NO4/c17-14(10-3-4-11(8-10)15(18)19)16(12-5-6-12)9-13-2-1-7-20-13/h1-2,7,10-12H,3-6,8-9H2,(H,18,19). The molecule has 0 aliphatic heterocycles. The van der Waals surface area contributed by atoms with Crippen LogP contribution in [0.1, 0.15) is 37.9 Å². The Morgan fingerprint density at radius 3 is 2.55 bits per heavy atom. The van der Waals surface area contributed by atoms with Crippen LogP contribution in [0, 0.1) is 11.8 Å². The molecule has 1 amide bonds. The van der Waals surface area contributed by atoms with Gasteiger partial charge in [0.25, 0.3) is 0 Å². The first-order valence-electron chi connectivity index (χ1n) is 7.21. The molecule has 5 nitrogen and oxygen atoms in total. The molecule has 2 atom stereocenters. The number of carboxylic acids is 1. The van der Waals surface area contributed by atoms with Crippen LogP contribution in [-0.4, -0.2) is 27.9 Å². The van der Waals surface area contributed by atoms with Gasteiger partial charge < -0.3 is 14.4 Å². The van der Waals surface area contributed by atoms with Crippen LogP contribution >= 0.6 is 0 Å². The van der Waals surface area contributed by atoms with Crippen molar-refractivity contribution in [2.45, 2.75) is 44.7 Å². The van der Waals surface area contributed by atoms with Crippen molar-refractivity contribution in [3.63, 3.8) is 0 Å². The van der Waals surface area contributed by atoms with Crippen molar-refractivity contribution in [2.24, 2.45) is 11.8 Å². The summed E-state index contributed by atoms with van der Waals surface area (Å²) < 4.78 is 5.33. The molecule has 20 heavy (non-hydrogen) atoms. The SMILES string of the molecule is O=C(O)C1CCC(C(=O)N(Cc2ccco2)C2CC2)C1. The highest BCUT2D eigenvalue weighted by molar-refractivity contribution is 5.81. The second-order valence-corrected chi connectivity index (χ2v) is 5.82. The van der Waals surface area contributed by atoms with Crippen molar-refractivity contribution in [3.8, 4) is 0 Å². The lowest BCUT2D eigenvalue weighted by Crippen LogP contribution is -2.36. The molecule has 2 aliphatic rings. The van der Waals surface area contributed by atoms with Crippen LogP contribution < -0.4 is 0 Å². The average Bonchev–Trinajstić information content (AvgIpc) is 2.95. The lowest BCUT2D eigenvalue weighted by molar-refractivity contribution is -0.141. The highest BCUT2D eigenvalue weighted by Crippen LogP contribution is 2.36. The Kier molecular flexibility index (Phi) is 3.51. The molecule has 1 N–H and O–H groups in total. The molecular weight excluding hydrogens is 258 g/mol. The minimum Gasteiger partial charge on any atom is -0.481 e. The van der Waals surface area contributed by atoms with Crippen molar-refractivity contribution < 1.29 is 19.1 Å². The summed E-state index contributed by atoms with van der Waals surface area (Å²) in [6, 6.07) is 4.01. The van der Waals surface area contributed by atoms with E-state index in [1.807, 2.05) is 17.0 Å². The summed E-state index contributed by atoms with van der Waals surface area (Å²) in [5.41, 5.74) is 0.